The summed E-state index contributed by atoms with van der Waals surface area (Å²) in [5, 5.41) is 0. The Morgan fingerprint density at radius 3 is 2.11 bits per heavy atom. The summed E-state index contributed by atoms with van der Waals surface area (Å²) in [6.45, 7) is 1.87. The highest BCUT2D eigenvalue weighted by atomic mass is 32.2. The molecule has 140 valence electrons. The number of sulfonamides is 1. The fourth-order valence-electron chi connectivity index (χ4n) is 3.05. The normalized spacial score (nSPS) is 13.5. The third-order valence-corrected chi connectivity index (χ3v) is 5.88. The summed E-state index contributed by atoms with van der Waals surface area (Å²) in [4.78, 5) is 26.6. The molecule has 7 heteroatoms. The molecule has 3 aromatic rings. The zero-order valence-electron chi connectivity index (χ0n) is 14.9. The number of fused-ring (bicyclic) bond motifs is 1. The largest absolute Gasteiger partial charge is 0.280 e. The number of nitrogens with zero attached hydrogens (tertiary/aromatic N) is 1. The van der Waals surface area contributed by atoms with Gasteiger partial charge in [0.15, 0.2) is 0 Å². The van der Waals surface area contributed by atoms with Crippen molar-refractivity contribution in [1.82, 2.24) is 0 Å². The van der Waals surface area contributed by atoms with Crippen LogP contribution in [0.25, 0.3) is 0 Å². The van der Waals surface area contributed by atoms with E-state index in [9.17, 15) is 18.0 Å². The molecular weight excluding hydrogens is 376 g/mol. The van der Waals surface area contributed by atoms with Crippen LogP contribution in [0.5, 0.6) is 0 Å². The minimum Gasteiger partial charge on any atom is -0.280 e. The van der Waals surface area contributed by atoms with Crippen LogP contribution in [0.15, 0.2) is 77.7 Å². The highest BCUT2D eigenvalue weighted by Gasteiger charge is 2.36. The summed E-state index contributed by atoms with van der Waals surface area (Å²) in [5.74, 6) is -0.915. The molecule has 0 aromatic heterocycles. The second kappa shape index (κ2) is 6.61. The minimum atomic E-state index is -3.80. The van der Waals surface area contributed by atoms with Crippen molar-refractivity contribution in [2.75, 3.05) is 9.62 Å². The number of aryl methyl sites for hydroxylation is 1. The van der Waals surface area contributed by atoms with Crippen molar-refractivity contribution in [3.8, 4) is 0 Å². The fourth-order valence-corrected chi connectivity index (χ4v) is 4.10. The standard InChI is InChI=1S/C21H16N2O4S/c1-14-7-10-17(11-8-14)28(26,27)22-15-9-12-18-19(13-15)21(25)23(20(18)24)16-5-3-2-4-6-16/h2-13,22H,1H3. The number of rotatable bonds is 4. The Hall–Kier alpha value is -3.45. The lowest BCUT2D eigenvalue weighted by atomic mass is 10.1. The van der Waals surface area contributed by atoms with Gasteiger partial charge in [0, 0.05) is 5.69 Å². The van der Waals surface area contributed by atoms with Crippen molar-refractivity contribution >= 4 is 33.2 Å². The maximum absolute atomic E-state index is 12.8. The molecule has 0 aliphatic carbocycles. The first-order chi connectivity index (χ1) is 13.4. The van der Waals surface area contributed by atoms with E-state index in [1.807, 2.05) is 6.92 Å². The molecule has 0 saturated heterocycles. The third-order valence-electron chi connectivity index (χ3n) is 4.48. The van der Waals surface area contributed by atoms with Crippen LogP contribution < -0.4 is 9.62 Å². The van der Waals surface area contributed by atoms with Crippen molar-refractivity contribution < 1.29 is 18.0 Å². The molecule has 1 heterocycles. The monoisotopic (exact) mass is 392 g/mol. The molecule has 1 aliphatic rings. The average Bonchev–Trinajstić information content (AvgIpc) is 2.92. The van der Waals surface area contributed by atoms with E-state index in [0.717, 1.165) is 10.5 Å². The number of amides is 2. The van der Waals surface area contributed by atoms with Gasteiger partial charge in [0.05, 0.1) is 21.7 Å². The molecule has 4 rings (SSSR count). The Labute approximate surface area is 162 Å². The number of imide groups is 1. The molecule has 6 nitrogen and oxygen atoms in total. The van der Waals surface area contributed by atoms with Crippen LogP contribution in [-0.2, 0) is 10.0 Å². The van der Waals surface area contributed by atoms with Gasteiger partial charge in [0.2, 0.25) is 0 Å². The van der Waals surface area contributed by atoms with Gasteiger partial charge in [-0.1, -0.05) is 35.9 Å². The number of anilines is 2. The maximum atomic E-state index is 12.8. The van der Waals surface area contributed by atoms with Gasteiger partial charge >= 0.3 is 0 Å². The highest BCUT2D eigenvalue weighted by molar-refractivity contribution is 7.92. The van der Waals surface area contributed by atoms with Gasteiger partial charge in [-0.25, -0.2) is 13.3 Å². The minimum absolute atomic E-state index is 0.118. The Morgan fingerprint density at radius 1 is 0.786 bits per heavy atom. The Kier molecular flexibility index (Phi) is 4.24. The number of carbonyl (C=O) groups is 2. The SMILES string of the molecule is Cc1ccc(S(=O)(=O)Nc2ccc3c(c2)C(=O)N(c2ccccc2)C3=O)cc1. The molecule has 0 bridgehead atoms. The van der Waals surface area contributed by atoms with Gasteiger partial charge < -0.3 is 0 Å². The van der Waals surface area contributed by atoms with Crippen LogP contribution in [-0.4, -0.2) is 20.2 Å². The second-order valence-corrected chi connectivity index (χ2v) is 8.14. The number of para-hydroxylation sites is 1. The molecule has 0 fully saturated rings. The zero-order valence-corrected chi connectivity index (χ0v) is 15.7. The molecule has 0 radical (unpaired) electrons. The smallest absolute Gasteiger partial charge is 0.266 e. The van der Waals surface area contributed by atoms with Crippen molar-refractivity contribution in [2.45, 2.75) is 11.8 Å². The van der Waals surface area contributed by atoms with Gasteiger partial charge in [-0.15, -0.1) is 0 Å². The predicted octanol–water partition coefficient (Wildman–Crippen LogP) is 3.60. The van der Waals surface area contributed by atoms with Crippen LogP contribution in [0.1, 0.15) is 26.3 Å². The quantitative estimate of drug-likeness (QED) is 0.688. The van der Waals surface area contributed by atoms with E-state index in [4.69, 9.17) is 0 Å². The maximum Gasteiger partial charge on any atom is 0.266 e. The molecular formula is C21H16N2O4S. The van der Waals surface area contributed by atoms with Crippen LogP contribution in [0.2, 0.25) is 0 Å². The molecule has 2 amide bonds. The van der Waals surface area contributed by atoms with E-state index in [2.05, 4.69) is 4.72 Å². The first-order valence-corrected chi connectivity index (χ1v) is 10.0. The third kappa shape index (κ3) is 3.05. The topological polar surface area (TPSA) is 83.6 Å². The van der Waals surface area contributed by atoms with E-state index in [0.29, 0.717) is 5.69 Å². The summed E-state index contributed by atoms with van der Waals surface area (Å²) in [7, 11) is -3.80. The van der Waals surface area contributed by atoms with Crippen LogP contribution in [0, 0.1) is 6.92 Å². The van der Waals surface area contributed by atoms with Crippen molar-refractivity contribution in [1.29, 1.82) is 0 Å². The summed E-state index contributed by atoms with van der Waals surface area (Å²) in [5.41, 5.74) is 2.04. The van der Waals surface area contributed by atoms with Gasteiger partial charge in [0.25, 0.3) is 21.8 Å². The van der Waals surface area contributed by atoms with E-state index in [1.165, 1.54) is 30.3 Å². The van der Waals surface area contributed by atoms with Gasteiger partial charge in [-0.2, -0.15) is 0 Å². The second-order valence-electron chi connectivity index (χ2n) is 6.46. The number of nitrogens with one attached hydrogen (secondary N) is 1. The molecule has 0 unspecified atom stereocenters. The summed E-state index contributed by atoms with van der Waals surface area (Å²) in [6, 6.07) is 19.4. The van der Waals surface area contributed by atoms with Gasteiger partial charge in [-0.3, -0.25) is 14.3 Å². The number of hydrogen-bond donors (Lipinski definition) is 1. The Bertz CT molecular complexity index is 1190. The van der Waals surface area contributed by atoms with Crippen molar-refractivity contribution in [2.24, 2.45) is 0 Å². The molecule has 3 aromatic carbocycles. The van der Waals surface area contributed by atoms with E-state index in [1.54, 1.807) is 42.5 Å². The van der Waals surface area contributed by atoms with Crippen LogP contribution >= 0.6 is 0 Å². The Balaban J connectivity index is 1.66. The van der Waals surface area contributed by atoms with Gasteiger partial charge in [-0.05, 0) is 49.4 Å². The molecule has 0 saturated carbocycles. The number of carbonyl (C=O) groups excluding carboxylic acids is 2. The average molecular weight is 392 g/mol. The first-order valence-electron chi connectivity index (χ1n) is 8.54. The molecule has 28 heavy (non-hydrogen) atoms. The lowest BCUT2D eigenvalue weighted by Crippen LogP contribution is -2.29. The van der Waals surface area contributed by atoms with E-state index < -0.39 is 21.8 Å². The van der Waals surface area contributed by atoms with Crippen molar-refractivity contribution in [3.63, 3.8) is 0 Å². The number of benzene rings is 3. The summed E-state index contributed by atoms with van der Waals surface area (Å²) in [6.07, 6.45) is 0. The van der Waals surface area contributed by atoms with Gasteiger partial charge in [0.1, 0.15) is 0 Å². The Morgan fingerprint density at radius 2 is 1.43 bits per heavy atom. The predicted molar refractivity (Wildman–Crippen MR) is 106 cm³/mol. The highest BCUT2D eigenvalue weighted by Crippen LogP contribution is 2.30. The summed E-state index contributed by atoms with van der Waals surface area (Å²) < 4.78 is 27.6. The van der Waals surface area contributed by atoms with Crippen molar-refractivity contribution in [3.05, 3.63) is 89.5 Å². The van der Waals surface area contributed by atoms with E-state index >= 15 is 0 Å². The van der Waals surface area contributed by atoms with E-state index in [-0.39, 0.29) is 21.7 Å². The molecule has 0 atom stereocenters. The molecule has 0 spiro atoms. The summed E-state index contributed by atoms with van der Waals surface area (Å²) >= 11 is 0. The molecule has 1 aliphatic heterocycles. The lowest BCUT2D eigenvalue weighted by molar-refractivity contribution is 0.0926. The lowest BCUT2D eigenvalue weighted by Gasteiger charge is -2.13. The van der Waals surface area contributed by atoms with Crippen LogP contribution in [0.4, 0.5) is 11.4 Å². The van der Waals surface area contributed by atoms with Crippen LogP contribution in [0.3, 0.4) is 0 Å². The molecule has 1 N–H and O–H groups in total. The zero-order chi connectivity index (χ0) is 19.9. The first kappa shape index (κ1) is 17.9. The fraction of sp³-hybridized carbons (Fsp3) is 0.0476. The number of hydrogen-bond acceptors (Lipinski definition) is 4.